The first-order valence-corrected chi connectivity index (χ1v) is 8.85. The number of hydrogen-bond acceptors (Lipinski definition) is 3. The highest BCUT2D eigenvalue weighted by molar-refractivity contribution is 7.88. The highest BCUT2D eigenvalue weighted by atomic mass is 35.5. The van der Waals surface area contributed by atoms with Crippen LogP contribution in [0, 0.1) is 5.92 Å². The molecule has 5 nitrogen and oxygen atoms in total. The number of benzene rings is 1. The molecule has 1 N–H and O–H groups in total. The smallest absolute Gasteiger partial charge is 0.224 e. The zero-order valence-corrected chi connectivity index (χ0v) is 13.5. The Morgan fingerprint density at radius 1 is 1.48 bits per heavy atom. The second-order valence-electron chi connectivity index (χ2n) is 5.20. The molecule has 1 aliphatic rings. The molecule has 0 saturated carbocycles. The van der Waals surface area contributed by atoms with Gasteiger partial charge in [0, 0.05) is 25.2 Å². The van der Waals surface area contributed by atoms with Crippen LogP contribution in [0.4, 0.5) is 0 Å². The summed E-state index contributed by atoms with van der Waals surface area (Å²) in [5, 5.41) is 3.10. The van der Waals surface area contributed by atoms with Gasteiger partial charge in [-0.25, -0.2) is 12.7 Å². The van der Waals surface area contributed by atoms with Crippen LogP contribution in [0.3, 0.4) is 0 Å². The van der Waals surface area contributed by atoms with Crippen molar-refractivity contribution in [3.8, 4) is 0 Å². The molecule has 1 amide bonds. The van der Waals surface area contributed by atoms with Crippen LogP contribution in [-0.4, -0.2) is 38.8 Å². The lowest BCUT2D eigenvalue weighted by Gasteiger charge is -2.31. The molecule has 1 aromatic carbocycles. The molecular formula is C14H19ClN2O3S. The van der Waals surface area contributed by atoms with E-state index in [4.69, 9.17) is 11.6 Å². The normalized spacial score (nSPS) is 20.2. The van der Waals surface area contributed by atoms with Crippen molar-refractivity contribution in [2.24, 2.45) is 5.92 Å². The van der Waals surface area contributed by atoms with Gasteiger partial charge in [-0.3, -0.25) is 4.79 Å². The fourth-order valence-corrected chi connectivity index (χ4v) is 4.35. The van der Waals surface area contributed by atoms with E-state index in [9.17, 15) is 13.2 Å². The predicted octanol–water partition coefficient (Wildman–Crippen LogP) is 1.63. The van der Waals surface area contributed by atoms with E-state index in [0.717, 1.165) is 6.42 Å². The van der Waals surface area contributed by atoms with Gasteiger partial charge in [-0.15, -0.1) is 0 Å². The summed E-state index contributed by atoms with van der Waals surface area (Å²) in [6.45, 7) is 0.721. The van der Waals surface area contributed by atoms with Crippen LogP contribution in [0.25, 0.3) is 0 Å². The van der Waals surface area contributed by atoms with Crippen LogP contribution < -0.4 is 5.32 Å². The Bertz CT molecular complexity index is 618. The number of sulfonamides is 1. The van der Waals surface area contributed by atoms with Crippen LogP contribution in [0.1, 0.15) is 18.4 Å². The van der Waals surface area contributed by atoms with Crippen molar-refractivity contribution >= 4 is 27.5 Å². The maximum Gasteiger partial charge on any atom is 0.224 e. The van der Waals surface area contributed by atoms with Crippen molar-refractivity contribution in [3.05, 3.63) is 34.9 Å². The number of amides is 1. The van der Waals surface area contributed by atoms with Gasteiger partial charge in [0.05, 0.1) is 11.7 Å². The van der Waals surface area contributed by atoms with Gasteiger partial charge in [0.2, 0.25) is 15.9 Å². The first-order valence-electron chi connectivity index (χ1n) is 6.86. The van der Waals surface area contributed by atoms with E-state index < -0.39 is 10.0 Å². The van der Waals surface area contributed by atoms with E-state index in [1.807, 2.05) is 0 Å². The molecule has 7 heteroatoms. The first-order chi connectivity index (χ1) is 9.92. The van der Waals surface area contributed by atoms with Crippen molar-refractivity contribution < 1.29 is 13.2 Å². The fraction of sp³-hybridized carbons (Fsp3) is 0.500. The van der Waals surface area contributed by atoms with Crippen LogP contribution in [0.15, 0.2) is 24.3 Å². The molecule has 0 unspecified atom stereocenters. The number of nitrogens with zero attached hydrogens (tertiary/aromatic N) is 1. The number of piperidine rings is 1. The molecule has 0 radical (unpaired) electrons. The zero-order chi connectivity index (χ0) is 15.5. The third kappa shape index (κ3) is 4.18. The lowest BCUT2D eigenvalue weighted by molar-refractivity contribution is -0.125. The molecule has 0 spiro atoms. The van der Waals surface area contributed by atoms with Crippen LogP contribution in [-0.2, 0) is 20.6 Å². The maximum absolute atomic E-state index is 12.5. The average molecular weight is 331 g/mol. The molecule has 116 valence electrons. The van der Waals surface area contributed by atoms with Crippen molar-refractivity contribution in [3.63, 3.8) is 0 Å². The van der Waals surface area contributed by atoms with Gasteiger partial charge < -0.3 is 5.32 Å². The second-order valence-corrected chi connectivity index (χ2v) is 7.60. The first kappa shape index (κ1) is 16.3. The minimum absolute atomic E-state index is 0.0893. The summed E-state index contributed by atoms with van der Waals surface area (Å²) in [5.41, 5.74) is 0.657. The van der Waals surface area contributed by atoms with Gasteiger partial charge in [0.25, 0.3) is 0 Å². The van der Waals surface area contributed by atoms with Crippen molar-refractivity contribution in [1.82, 2.24) is 9.62 Å². The number of carbonyl (C=O) groups excluding carboxylic acids is 1. The minimum Gasteiger partial charge on any atom is -0.359 e. The number of carbonyl (C=O) groups is 1. The lowest BCUT2D eigenvalue weighted by Crippen LogP contribution is -2.45. The Morgan fingerprint density at radius 2 is 2.24 bits per heavy atom. The van der Waals surface area contributed by atoms with E-state index in [1.54, 1.807) is 31.3 Å². The minimum atomic E-state index is -3.43. The quantitative estimate of drug-likeness (QED) is 0.912. The predicted molar refractivity (Wildman–Crippen MR) is 82.4 cm³/mol. The Balaban J connectivity index is 2.10. The summed E-state index contributed by atoms with van der Waals surface area (Å²) in [4.78, 5) is 11.7. The highest BCUT2D eigenvalue weighted by Crippen LogP contribution is 2.22. The SMILES string of the molecule is CNC(=O)[C@H]1CCCN(S(=O)(=O)Cc2cccc(Cl)c2)C1. The molecule has 1 saturated heterocycles. The highest BCUT2D eigenvalue weighted by Gasteiger charge is 2.31. The van der Waals surface area contributed by atoms with E-state index in [-0.39, 0.29) is 24.1 Å². The Labute approximate surface area is 130 Å². The summed E-state index contributed by atoms with van der Waals surface area (Å²) < 4.78 is 26.4. The number of nitrogens with one attached hydrogen (secondary N) is 1. The summed E-state index contributed by atoms with van der Waals surface area (Å²) in [5.74, 6) is -0.455. The Morgan fingerprint density at radius 3 is 2.90 bits per heavy atom. The second kappa shape index (κ2) is 6.77. The van der Waals surface area contributed by atoms with Crippen LogP contribution in [0.2, 0.25) is 5.02 Å². The molecule has 1 fully saturated rings. The largest absolute Gasteiger partial charge is 0.359 e. The van der Waals surface area contributed by atoms with Gasteiger partial charge in [0.1, 0.15) is 0 Å². The molecule has 0 aliphatic carbocycles. The molecule has 1 atom stereocenters. The molecule has 1 heterocycles. The van der Waals surface area contributed by atoms with Gasteiger partial charge in [0.15, 0.2) is 0 Å². The number of rotatable bonds is 4. The zero-order valence-electron chi connectivity index (χ0n) is 11.9. The van der Waals surface area contributed by atoms with Gasteiger partial charge in [-0.2, -0.15) is 0 Å². The Hall–Kier alpha value is -1.11. The van der Waals surface area contributed by atoms with E-state index in [0.29, 0.717) is 23.6 Å². The van der Waals surface area contributed by atoms with E-state index in [1.165, 1.54) is 4.31 Å². The summed E-state index contributed by atoms with van der Waals surface area (Å²) in [7, 11) is -1.86. The molecule has 1 aromatic rings. The number of halogens is 1. The van der Waals surface area contributed by atoms with Crippen LogP contribution in [0.5, 0.6) is 0 Å². The molecular weight excluding hydrogens is 312 g/mol. The lowest BCUT2D eigenvalue weighted by atomic mass is 9.99. The van der Waals surface area contributed by atoms with Gasteiger partial charge >= 0.3 is 0 Å². The van der Waals surface area contributed by atoms with Crippen molar-refractivity contribution in [1.29, 1.82) is 0 Å². The number of hydrogen-bond donors (Lipinski definition) is 1. The molecule has 0 aromatic heterocycles. The van der Waals surface area contributed by atoms with Gasteiger partial charge in [-0.05, 0) is 30.5 Å². The molecule has 1 aliphatic heterocycles. The monoisotopic (exact) mass is 330 g/mol. The van der Waals surface area contributed by atoms with Gasteiger partial charge in [-0.1, -0.05) is 23.7 Å². The topological polar surface area (TPSA) is 66.5 Å². The summed E-state index contributed by atoms with van der Waals surface area (Å²) in [6, 6.07) is 6.83. The summed E-state index contributed by atoms with van der Waals surface area (Å²) in [6.07, 6.45) is 1.43. The van der Waals surface area contributed by atoms with Crippen LogP contribution >= 0.6 is 11.6 Å². The van der Waals surface area contributed by atoms with E-state index >= 15 is 0 Å². The van der Waals surface area contributed by atoms with Crippen molar-refractivity contribution in [2.45, 2.75) is 18.6 Å². The Kier molecular flexibility index (Phi) is 5.24. The molecule has 2 rings (SSSR count). The third-order valence-corrected chi connectivity index (χ3v) is 5.68. The fourth-order valence-electron chi connectivity index (χ4n) is 2.54. The molecule has 21 heavy (non-hydrogen) atoms. The maximum atomic E-state index is 12.5. The van der Waals surface area contributed by atoms with Crippen molar-refractivity contribution in [2.75, 3.05) is 20.1 Å². The third-order valence-electron chi connectivity index (χ3n) is 3.63. The summed E-state index contributed by atoms with van der Waals surface area (Å²) >= 11 is 5.88. The molecule has 0 bridgehead atoms. The average Bonchev–Trinajstić information content (AvgIpc) is 2.46. The van der Waals surface area contributed by atoms with E-state index in [2.05, 4.69) is 5.32 Å². The standard InChI is InChI=1S/C14H19ClN2O3S/c1-16-14(18)12-5-3-7-17(9-12)21(19,20)10-11-4-2-6-13(15)8-11/h2,4,6,8,12H,3,5,7,9-10H2,1H3,(H,16,18)/t12-/m0/s1.